The van der Waals surface area contributed by atoms with Gasteiger partial charge >= 0.3 is 0 Å². The molecule has 0 amide bonds. The first-order valence-electron chi connectivity index (χ1n) is 4.99. The fourth-order valence-corrected chi connectivity index (χ4v) is 1.49. The molecule has 2 aromatic rings. The monoisotopic (exact) mass is 198 g/mol. The van der Waals surface area contributed by atoms with E-state index >= 15 is 0 Å². The van der Waals surface area contributed by atoms with Crippen molar-refractivity contribution in [1.82, 2.24) is 0 Å². The summed E-state index contributed by atoms with van der Waals surface area (Å²) in [6.45, 7) is 0. The van der Waals surface area contributed by atoms with E-state index in [2.05, 4.69) is 16.7 Å². The van der Waals surface area contributed by atoms with E-state index in [1.807, 2.05) is 55.6 Å². The highest BCUT2D eigenvalue weighted by atomic mass is 14.9. The van der Waals surface area contributed by atoms with Crippen molar-refractivity contribution in [2.24, 2.45) is 0 Å². The Hall–Kier alpha value is -1.96. The average molecular weight is 198 g/mol. The first-order valence-corrected chi connectivity index (χ1v) is 4.99. The molecule has 0 aliphatic rings. The van der Waals surface area contributed by atoms with Crippen LogP contribution in [0.25, 0.3) is 0 Å². The molecule has 0 aliphatic heterocycles. The molecule has 0 aliphatic carbocycles. The normalized spacial score (nSPS) is 9.67. The Kier molecular flexibility index (Phi) is 2.88. The highest BCUT2D eigenvalue weighted by molar-refractivity contribution is 5.73. The molecule has 0 atom stereocenters. The molecular weight excluding hydrogens is 184 g/mol. The minimum absolute atomic E-state index is 1.09. The standard InChI is InChI=1S/C13H14N2/c1-14-12-9-5-6-10-13(12)15-11-7-3-2-4-8-11/h2-10,14-15H,1H3. The Morgan fingerprint density at radius 3 is 2.00 bits per heavy atom. The average Bonchev–Trinajstić information content (AvgIpc) is 2.31. The summed E-state index contributed by atoms with van der Waals surface area (Å²) in [5.41, 5.74) is 3.28. The summed E-state index contributed by atoms with van der Waals surface area (Å²) >= 11 is 0. The van der Waals surface area contributed by atoms with Gasteiger partial charge in [-0.25, -0.2) is 0 Å². The van der Waals surface area contributed by atoms with E-state index in [4.69, 9.17) is 0 Å². The van der Waals surface area contributed by atoms with Gasteiger partial charge < -0.3 is 10.6 Å². The van der Waals surface area contributed by atoms with Gasteiger partial charge in [0.15, 0.2) is 0 Å². The van der Waals surface area contributed by atoms with Gasteiger partial charge in [0.2, 0.25) is 0 Å². The summed E-state index contributed by atoms with van der Waals surface area (Å²) in [6.07, 6.45) is 0. The van der Waals surface area contributed by atoms with E-state index in [0.717, 1.165) is 17.1 Å². The van der Waals surface area contributed by atoms with Crippen molar-refractivity contribution >= 4 is 17.1 Å². The third-order valence-electron chi connectivity index (χ3n) is 2.25. The van der Waals surface area contributed by atoms with Crippen molar-refractivity contribution < 1.29 is 0 Å². The molecule has 2 rings (SSSR count). The molecule has 0 unspecified atom stereocenters. The maximum atomic E-state index is 3.36. The molecule has 2 nitrogen and oxygen atoms in total. The molecule has 0 bridgehead atoms. The summed E-state index contributed by atoms with van der Waals surface area (Å²) in [6, 6.07) is 18.3. The Balaban J connectivity index is 2.24. The third-order valence-corrected chi connectivity index (χ3v) is 2.25. The number of hydrogen-bond donors (Lipinski definition) is 2. The lowest BCUT2D eigenvalue weighted by Crippen LogP contribution is -1.96. The second-order valence-electron chi connectivity index (χ2n) is 3.29. The second-order valence-corrected chi connectivity index (χ2v) is 3.29. The van der Waals surface area contributed by atoms with E-state index in [9.17, 15) is 0 Å². The molecule has 76 valence electrons. The molecule has 2 N–H and O–H groups in total. The number of hydrogen-bond acceptors (Lipinski definition) is 2. The fourth-order valence-electron chi connectivity index (χ4n) is 1.49. The van der Waals surface area contributed by atoms with Crippen molar-refractivity contribution in [3.05, 3.63) is 54.6 Å². The minimum atomic E-state index is 1.09. The zero-order valence-electron chi connectivity index (χ0n) is 8.70. The number of para-hydroxylation sites is 3. The van der Waals surface area contributed by atoms with Gasteiger partial charge in [-0.3, -0.25) is 0 Å². The zero-order valence-corrected chi connectivity index (χ0v) is 8.70. The molecule has 15 heavy (non-hydrogen) atoms. The third kappa shape index (κ3) is 2.29. The summed E-state index contributed by atoms with van der Waals surface area (Å²) < 4.78 is 0. The van der Waals surface area contributed by atoms with Gasteiger partial charge in [-0.15, -0.1) is 0 Å². The molecule has 0 spiro atoms. The van der Waals surface area contributed by atoms with E-state index in [1.165, 1.54) is 0 Å². The van der Waals surface area contributed by atoms with E-state index in [0.29, 0.717) is 0 Å². The summed E-state index contributed by atoms with van der Waals surface area (Å²) in [5, 5.41) is 6.51. The van der Waals surface area contributed by atoms with E-state index < -0.39 is 0 Å². The smallest absolute Gasteiger partial charge is 0.0619 e. The molecule has 0 radical (unpaired) electrons. The lowest BCUT2D eigenvalue weighted by atomic mass is 10.2. The van der Waals surface area contributed by atoms with Crippen LogP contribution in [-0.4, -0.2) is 7.05 Å². The van der Waals surface area contributed by atoms with Crippen LogP contribution in [0.15, 0.2) is 54.6 Å². The lowest BCUT2D eigenvalue weighted by Gasteiger charge is -2.11. The van der Waals surface area contributed by atoms with Crippen LogP contribution >= 0.6 is 0 Å². The predicted molar refractivity (Wildman–Crippen MR) is 65.7 cm³/mol. The molecule has 2 heteroatoms. The van der Waals surface area contributed by atoms with Crippen LogP contribution in [0.2, 0.25) is 0 Å². The van der Waals surface area contributed by atoms with Crippen LogP contribution in [-0.2, 0) is 0 Å². The molecular formula is C13H14N2. The summed E-state index contributed by atoms with van der Waals surface area (Å²) in [4.78, 5) is 0. The second kappa shape index (κ2) is 4.51. The maximum absolute atomic E-state index is 3.36. The topological polar surface area (TPSA) is 24.1 Å². The quantitative estimate of drug-likeness (QED) is 0.789. The molecule has 0 saturated carbocycles. The Morgan fingerprint density at radius 2 is 1.33 bits per heavy atom. The van der Waals surface area contributed by atoms with E-state index in [-0.39, 0.29) is 0 Å². The van der Waals surface area contributed by atoms with Crippen LogP contribution in [0.3, 0.4) is 0 Å². The fraction of sp³-hybridized carbons (Fsp3) is 0.0769. The first-order chi connectivity index (χ1) is 7.40. The predicted octanol–water partition coefficient (Wildman–Crippen LogP) is 3.47. The maximum Gasteiger partial charge on any atom is 0.0619 e. The van der Waals surface area contributed by atoms with Gasteiger partial charge in [-0.05, 0) is 24.3 Å². The number of benzene rings is 2. The Bertz CT molecular complexity index is 424. The summed E-state index contributed by atoms with van der Waals surface area (Å²) in [5.74, 6) is 0. The lowest BCUT2D eigenvalue weighted by molar-refractivity contribution is 1.48. The first kappa shape index (κ1) is 9.59. The van der Waals surface area contributed by atoms with Gasteiger partial charge in [0.25, 0.3) is 0 Å². The minimum Gasteiger partial charge on any atom is -0.386 e. The van der Waals surface area contributed by atoms with Crippen molar-refractivity contribution in [2.75, 3.05) is 17.7 Å². The Labute approximate surface area is 90.0 Å². The Morgan fingerprint density at radius 1 is 0.733 bits per heavy atom. The van der Waals surface area contributed by atoms with Crippen molar-refractivity contribution in [2.45, 2.75) is 0 Å². The highest BCUT2D eigenvalue weighted by Gasteiger charge is 1.98. The van der Waals surface area contributed by atoms with Gasteiger partial charge in [0, 0.05) is 12.7 Å². The van der Waals surface area contributed by atoms with Gasteiger partial charge in [0.1, 0.15) is 0 Å². The van der Waals surface area contributed by atoms with Crippen LogP contribution in [0.5, 0.6) is 0 Å². The van der Waals surface area contributed by atoms with E-state index in [1.54, 1.807) is 0 Å². The summed E-state index contributed by atoms with van der Waals surface area (Å²) in [7, 11) is 1.92. The van der Waals surface area contributed by atoms with Crippen LogP contribution in [0.1, 0.15) is 0 Å². The number of rotatable bonds is 3. The van der Waals surface area contributed by atoms with Gasteiger partial charge in [-0.1, -0.05) is 30.3 Å². The molecule has 0 saturated heterocycles. The SMILES string of the molecule is CNc1ccccc1Nc1ccccc1. The number of anilines is 3. The van der Waals surface area contributed by atoms with Gasteiger partial charge in [0.05, 0.1) is 11.4 Å². The zero-order chi connectivity index (χ0) is 10.5. The molecule has 0 heterocycles. The van der Waals surface area contributed by atoms with Crippen LogP contribution in [0.4, 0.5) is 17.1 Å². The molecule has 2 aromatic carbocycles. The van der Waals surface area contributed by atoms with Crippen LogP contribution in [0, 0.1) is 0 Å². The highest BCUT2D eigenvalue weighted by Crippen LogP contribution is 2.24. The van der Waals surface area contributed by atoms with Crippen molar-refractivity contribution in [1.29, 1.82) is 0 Å². The largest absolute Gasteiger partial charge is 0.386 e. The number of nitrogens with one attached hydrogen (secondary N) is 2. The molecule has 0 aromatic heterocycles. The molecule has 0 fully saturated rings. The van der Waals surface area contributed by atoms with Crippen LogP contribution < -0.4 is 10.6 Å². The van der Waals surface area contributed by atoms with Crippen molar-refractivity contribution in [3.8, 4) is 0 Å². The van der Waals surface area contributed by atoms with Gasteiger partial charge in [-0.2, -0.15) is 0 Å². The van der Waals surface area contributed by atoms with Crippen molar-refractivity contribution in [3.63, 3.8) is 0 Å².